The summed E-state index contributed by atoms with van der Waals surface area (Å²) in [4.78, 5) is 12.2. The van der Waals surface area contributed by atoms with Gasteiger partial charge in [-0.05, 0) is 53.2 Å². The summed E-state index contributed by atoms with van der Waals surface area (Å²) in [7, 11) is 0. The quantitative estimate of drug-likeness (QED) is 0.652. The van der Waals surface area contributed by atoms with Gasteiger partial charge in [-0.2, -0.15) is 4.68 Å². The number of aromatic nitrogens is 4. The van der Waals surface area contributed by atoms with Crippen LogP contribution in [0.2, 0.25) is 5.02 Å². The lowest BCUT2D eigenvalue weighted by atomic mass is 10.1. The molecule has 0 aliphatic carbocycles. The highest BCUT2D eigenvalue weighted by molar-refractivity contribution is 7.99. The molecule has 3 rings (SSSR count). The molecule has 9 heteroatoms. The summed E-state index contributed by atoms with van der Waals surface area (Å²) in [6.07, 6.45) is 0. The zero-order valence-corrected chi connectivity index (χ0v) is 15.3. The first kappa shape index (κ1) is 18.3. The first-order chi connectivity index (χ1) is 12.5. The SMILES string of the molecule is C[C@@H](NC(=O)CSc1nnnn1-c1cccc(F)c1)c1cccc(Cl)c1. The van der Waals surface area contributed by atoms with Gasteiger partial charge in [-0.25, -0.2) is 4.39 Å². The summed E-state index contributed by atoms with van der Waals surface area (Å²) in [5, 5.41) is 15.3. The molecule has 0 aliphatic rings. The van der Waals surface area contributed by atoms with E-state index >= 15 is 0 Å². The molecule has 0 spiro atoms. The number of rotatable bonds is 6. The Morgan fingerprint density at radius 2 is 2.12 bits per heavy atom. The van der Waals surface area contributed by atoms with Crippen LogP contribution in [-0.2, 0) is 4.79 Å². The van der Waals surface area contributed by atoms with Crippen LogP contribution in [0.15, 0.2) is 53.7 Å². The van der Waals surface area contributed by atoms with Crippen LogP contribution in [0.3, 0.4) is 0 Å². The smallest absolute Gasteiger partial charge is 0.230 e. The van der Waals surface area contributed by atoms with Gasteiger partial charge in [-0.15, -0.1) is 5.10 Å². The van der Waals surface area contributed by atoms with Gasteiger partial charge in [0, 0.05) is 5.02 Å². The predicted octanol–water partition coefficient (Wildman–Crippen LogP) is 3.42. The van der Waals surface area contributed by atoms with Gasteiger partial charge in [0.05, 0.1) is 17.5 Å². The minimum atomic E-state index is -0.387. The third kappa shape index (κ3) is 4.59. The second-order valence-corrected chi connectivity index (χ2v) is 6.86. The molecule has 3 aromatic rings. The zero-order chi connectivity index (χ0) is 18.5. The van der Waals surface area contributed by atoms with Crippen molar-refractivity contribution >= 4 is 29.3 Å². The van der Waals surface area contributed by atoms with E-state index in [0.717, 1.165) is 5.56 Å². The molecular weight excluding hydrogens is 377 g/mol. The number of halogens is 2. The lowest BCUT2D eigenvalue weighted by Gasteiger charge is -2.14. The summed E-state index contributed by atoms with van der Waals surface area (Å²) in [5.74, 6) is -0.432. The number of tetrazole rings is 1. The highest BCUT2D eigenvalue weighted by atomic mass is 35.5. The van der Waals surface area contributed by atoms with Crippen LogP contribution >= 0.6 is 23.4 Å². The van der Waals surface area contributed by atoms with Crippen LogP contribution < -0.4 is 5.32 Å². The molecule has 2 aromatic carbocycles. The van der Waals surface area contributed by atoms with Crippen LogP contribution in [0.1, 0.15) is 18.5 Å². The van der Waals surface area contributed by atoms with Crippen molar-refractivity contribution in [3.05, 3.63) is 64.9 Å². The molecule has 0 fully saturated rings. The molecule has 0 saturated carbocycles. The fourth-order valence-electron chi connectivity index (χ4n) is 2.31. The molecule has 0 radical (unpaired) electrons. The Balaban J connectivity index is 1.61. The van der Waals surface area contributed by atoms with Crippen LogP contribution in [0, 0.1) is 5.82 Å². The normalized spacial score (nSPS) is 12.0. The average Bonchev–Trinajstić information content (AvgIpc) is 3.08. The van der Waals surface area contributed by atoms with E-state index < -0.39 is 0 Å². The Hall–Kier alpha value is -2.45. The summed E-state index contributed by atoms with van der Waals surface area (Å²) in [5.41, 5.74) is 1.41. The number of amides is 1. The fraction of sp³-hybridized carbons (Fsp3) is 0.176. The molecular formula is C17H15ClFN5OS. The molecule has 0 aliphatic heterocycles. The van der Waals surface area contributed by atoms with Gasteiger partial charge in [0.2, 0.25) is 11.1 Å². The van der Waals surface area contributed by atoms with Crippen molar-refractivity contribution in [2.45, 2.75) is 18.1 Å². The maximum atomic E-state index is 13.4. The van der Waals surface area contributed by atoms with Gasteiger partial charge < -0.3 is 5.32 Å². The summed E-state index contributed by atoms with van der Waals surface area (Å²) in [6.45, 7) is 1.88. The maximum absolute atomic E-state index is 13.4. The largest absolute Gasteiger partial charge is 0.349 e. The summed E-state index contributed by atoms with van der Waals surface area (Å²) in [6, 6.07) is 13.1. The fourth-order valence-corrected chi connectivity index (χ4v) is 3.21. The molecule has 26 heavy (non-hydrogen) atoms. The average molecular weight is 392 g/mol. The van der Waals surface area contributed by atoms with E-state index in [2.05, 4.69) is 20.8 Å². The molecule has 6 nitrogen and oxygen atoms in total. The van der Waals surface area contributed by atoms with Crippen molar-refractivity contribution in [2.24, 2.45) is 0 Å². The van der Waals surface area contributed by atoms with E-state index in [9.17, 15) is 9.18 Å². The number of nitrogens with zero attached hydrogens (tertiary/aromatic N) is 4. The number of carbonyl (C=O) groups is 1. The number of hydrogen-bond donors (Lipinski definition) is 1. The molecule has 1 aromatic heterocycles. The molecule has 134 valence electrons. The molecule has 0 saturated heterocycles. The number of nitrogens with one attached hydrogen (secondary N) is 1. The number of benzene rings is 2. The number of hydrogen-bond acceptors (Lipinski definition) is 5. The Morgan fingerprint density at radius 3 is 2.88 bits per heavy atom. The molecule has 1 amide bonds. The Kier molecular flexibility index (Phi) is 5.85. The lowest BCUT2D eigenvalue weighted by molar-refractivity contribution is -0.119. The van der Waals surface area contributed by atoms with Gasteiger partial charge >= 0.3 is 0 Å². The van der Waals surface area contributed by atoms with Crippen molar-refractivity contribution in [1.29, 1.82) is 0 Å². The van der Waals surface area contributed by atoms with E-state index in [0.29, 0.717) is 15.9 Å². The summed E-state index contributed by atoms with van der Waals surface area (Å²) < 4.78 is 14.8. The Morgan fingerprint density at radius 1 is 1.31 bits per heavy atom. The van der Waals surface area contributed by atoms with Crippen molar-refractivity contribution < 1.29 is 9.18 Å². The van der Waals surface area contributed by atoms with Crippen LogP contribution in [0.4, 0.5) is 4.39 Å². The summed E-state index contributed by atoms with van der Waals surface area (Å²) >= 11 is 7.14. The van der Waals surface area contributed by atoms with Crippen molar-refractivity contribution in [1.82, 2.24) is 25.5 Å². The number of thioether (sulfide) groups is 1. The second-order valence-electron chi connectivity index (χ2n) is 5.49. The molecule has 0 bridgehead atoms. The van der Waals surface area contributed by atoms with Crippen molar-refractivity contribution in [2.75, 3.05) is 5.75 Å². The molecule has 1 heterocycles. The van der Waals surface area contributed by atoms with Gasteiger partial charge in [-0.1, -0.05) is 41.6 Å². The van der Waals surface area contributed by atoms with E-state index in [-0.39, 0.29) is 23.5 Å². The zero-order valence-electron chi connectivity index (χ0n) is 13.8. The molecule has 1 N–H and O–H groups in total. The maximum Gasteiger partial charge on any atom is 0.230 e. The monoisotopic (exact) mass is 391 g/mol. The Labute approximate surface area is 158 Å². The lowest BCUT2D eigenvalue weighted by Crippen LogP contribution is -2.28. The van der Waals surface area contributed by atoms with Gasteiger partial charge in [0.15, 0.2) is 0 Å². The topological polar surface area (TPSA) is 72.7 Å². The second kappa shape index (κ2) is 8.29. The van der Waals surface area contributed by atoms with E-state index in [1.54, 1.807) is 18.2 Å². The van der Waals surface area contributed by atoms with Crippen LogP contribution in [0.5, 0.6) is 0 Å². The Bertz CT molecular complexity index is 919. The minimum absolute atomic E-state index is 0.126. The third-order valence-corrected chi connectivity index (χ3v) is 4.71. The van der Waals surface area contributed by atoms with Crippen molar-refractivity contribution in [3.8, 4) is 5.69 Å². The van der Waals surface area contributed by atoms with E-state index in [1.807, 2.05) is 25.1 Å². The first-order valence-electron chi connectivity index (χ1n) is 7.75. The third-order valence-electron chi connectivity index (χ3n) is 3.55. The molecule has 0 unspecified atom stereocenters. The van der Waals surface area contributed by atoms with Gasteiger partial charge in [0.1, 0.15) is 5.82 Å². The van der Waals surface area contributed by atoms with Gasteiger partial charge in [0.25, 0.3) is 0 Å². The first-order valence-corrected chi connectivity index (χ1v) is 9.11. The highest BCUT2D eigenvalue weighted by Gasteiger charge is 2.14. The standard InChI is InChI=1S/C17H15ClFN5OS/c1-11(12-4-2-5-13(18)8-12)20-16(25)10-26-17-21-22-23-24(17)15-7-3-6-14(19)9-15/h2-9,11H,10H2,1H3,(H,20,25)/t11-/m1/s1. The minimum Gasteiger partial charge on any atom is -0.349 e. The van der Waals surface area contributed by atoms with Crippen LogP contribution in [0.25, 0.3) is 5.69 Å². The van der Waals surface area contributed by atoms with E-state index in [1.165, 1.54) is 28.6 Å². The van der Waals surface area contributed by atoms with Crippen molar-refractivity contribution in [3.63, 3.8) is 0 Å². The van der Waals surface area contributed by atoms with Gasteiger partial charge in [-0.3, -0.25) is 4.79 Å². The molecule has 1 atom stereocenters. The number of carbonyl (C=O) groups excluding carboxylic acids is 1. The van der Waals surface area contributed by atoms with Crippen LogP contribution in [-0.4, -0.2) is 31.9 Å². The van der Waals surface area contributed by atoms with E-state index in [4.69, 9.17) is 11.6 Å². The predicted molar refractivity (Wildman–Crippen MR) is 97.8 cm³/mol. The highest BCUT2D eigenvalue weighted by Crippen LogP contribution is 2.20.